The molecule has 0 spiro atoms. The van der Waals surface area contributed by atoms with Gasteiger partial charge in [-0.1, -0.05) is 18.3 Å². The highest BCUT2D eigenvalue weighted by atomic mass is 32.1. The van der Waals surface area contributed by atoms with Crippen LogP contribution in [0, 0.1) is 6.92 Å². The van der Waals surface area contributed by atoms with E-state index in [9.17, 15) is 0 Å². The predicted octanol–water partition coefficient (Wildman–Crippen LogP) is 1.27. The van der Waals surface area contributed by atoms with Crippen LogP contribution in [0.25, 0.3) is 0 Å². The average Bonchev–Trinajstić information content (AvgIpc) is 2.24. The van der Waals surface area contributed by atoms with Crippen molar-refractivity contribution in [1.82, 2.24) is 14.0 Å². The summed E-state index contributed by atoms with van der Waals surface area (Å²) in [6.07, 6.45) is 0. The second kappa shape index (κ2) is 4.64. The standard InChI is InChI=1S/C2H3N3S.C2H6/c1-2-3-5-6-4-2;1-2/h1H3;1-2H3. The molecule has 4 heteroatoms. The Morgan fingerprint density at radius 3 is 2.12 bits per heavy atom. The molecule has 3 nitrogen and oxygen atoms in total. The molecule has 46 valence electrons. The lowest BCUT2D eigenvalue weighted by atomic mass is 10.8. The van der Waals surface area contributed by atoms with Crippen molar-refractivity contribution < 1.29 is 0 Å². The van der Waals surface area contributed by atoms with Crippen molar-refractivity contribution in [2.75, 3.05) is 0 Å². The summed E-state index contributed by atoms with van der Waals surface area (Å²) in [5, 5.41) is 3.57. The molecule has 0 amide bonds. The number of aromatic nitrogens is 3. The molecule has 1 aromatic rings. The minimum Gasteiger partial charge on any atom is -0.156 e. The third-order valence-corrected chi connectivity index (χ3v) is 0.896. The van der Waals surface area contributed by atoms with Crippen molar-refractivity contribution in [2.45, 2.75) is 20.8 Å². The summed E-state index contributed by atoms with van der Waals surface area (Å²) in [4.78, 5) is 0. The van der Waals surface area contributed by atoms with Crippen LogP contribution in [0.15, 0.2) is 0 Å². The zero-order valence-corrected chi connectivity index (χ0v) is 6.07. The van der Waals surface area contributed by atoms with Gasteiger partial charge in [-0.3, -0.25) is 0 Å². The molecule has 0 aliphatic rings. The summed E-state index contributed by atoms with van der Waals surface area (Å²) in [6, 6.07) is 0. The van der Waals surface area contributed by atoms with Gasteiger partial charge in [-0.05, 0) is 6.92 Å². The number of nitrogens with zero attached hydrogens (tertiary/aromatic N) is 3. The van der Waals surface area contributed by atoms with Gasteiger partial charge in [-0.15, -0.1) is 5.10 Å². The molecule has 0 fully saturated rings. The summed E-state index contributed by atoms with van der Waals surface area (Å²) < 4.78 is 7.24. The molecule has 0 saturated carbocycles. The highest BCUT2D eigenvalue weighted by Gasteiger charge is 1.80. The van der Waals surface area contributed by atoms with Gasteiger partial charge in [0.05, 0.1) is 11.7 Å². The average molecular weight is 131 g/mol. The van der Waals surface area contributed by atoms with Gasteiger partial charge >= 0.3 is 0 Å². The molecule has 0 aliphatic heterocycles. The third kappa shape index (κ3) is 2.63. The van der Waals surface area contributed by atoms with E-state index in [2.05, 4.69) is 14.0 Å². The van der Waals surface area contributed by atoms with Crippen molar-refractivity contribution in [1.29, 1.82) is 0 Å². The van der Waals surface area contributed by atoms with E-state index in [-0.39, 0.29) is 0 Å². The molecular weight excluding hydrogens is 122 g/mol. The Hall–Kier alpha value is -0.510. The van der Waals surface area contributed by atoms with Crippen LogP contribution in [0.3, 0.4) is 0 Å². The fourth-order valence-electron chi connectivity index (χ4n) is 0.173. The third-order valence-electron chi connectivity index (χ3n) is 0.395. The van der Waals surface area contributed by atoms with Crippen molar-refractivity contribution in [3.63, 3.8) is 0 Å². The van der Waals surface area contributed by atoms with Crippen LogP contribution in [0.4, 0.5) is 0 Å². The highest BCUT2D eigenvalue weighted by Crippen LogP contribution is 1.81. The first-order valence-corrected chi connectivity index (χ1v) is 3.24. The first-order valence-electron chi connectivity index (χ1n) is 2.51. The van der Waals surface area contributed by atoms with Gasteiger partial charge in [0.1, 0.15) is 0 Å². The normalized spacial score (nSPS) is 7.38. The Bertz CT molecular complexity index is 115. The first-order chi connectivity index (χ1) is 3.89. The van der Waals surface area contributed by atoms with E-state index in [4.69, 9.17) is 0 Å². The summed E-state index contributed by atoms with van der Waals surface area (Å²) in [5.41, 5.74) is 0. The van der Waals surface area contributed by atoms with Crippen molar-refractivity contribution in [3.8, 4) is 0 Å². The molecule has 1 rings (SSSR count). The van der Waals surface area contributed by atoms with Gasteiger partial charge in [0.15, 0.2) is 5.82 Å². The van der Waals surface area contributed by atoms with Crippen LogP contribution in [0.1, 0.15) is 19.7 Å². The lowest BCUT2D eigenvalue weighted by molar-refractivity contribution is 1.05. The van der Waals surface area contributed by atoms with Gasteiger partial charge in [-0.2, -0.15) is 4.37 Å². The molecule has 0 unspecified atom stereocenters. The fraction of sp³-hybridized carbons (Fsp3) is 0.750. The fourth-order valence-corrected chi connectivity index (χ4v) is 0.519. The summed E-state index contributed by atoms with van der Waals surface area (Å²) in [5.74, 6) is 0.750. The number of hydrogen-bond donors (Lipinski definition) is 0. The van der Waals surface area contributed by atoms with Gasteiger partial charge in [-0.25, -0.2) is 0 Å². The Morgan fingerprint density at radius 2 is 2.00 bits per heavy atom. The van der Waals surface area contributed by atoms with E-state index < -0.39 is 0 Å². The Balaban J connectivity index is 0.000000222. The lowest BCUT2D eigenvalue weighted by Crippen LogP contribution is -1.68. The summed E-state index contributed by atoms with van der Waals surface area (Å²) in [6.45, 7) is 5.81. The molecule has 0 bridgehead atoms. The number of aryl methyl sites for hydroxylation is 1. The zero-order chi connectivity index (χ0) is 6.41. The molecule has 0 aliphatic carbocycles. The quantitative estimate of drug-likeness (QED) is 0.532. The Morgan fingerprint density at radius 1 is 1.38 bits per heavy atom. The largest absolute Gasteiger partial charge is 0.163 e. The molecule has 8 heavy (non-hydrogen) atoms. The molecule has 0 atom stereocenters. The monoisotopic (exact) mass is 131 g/mol. The first kappa shape index (κ1) is 7.49. The maximum atomic E-state index is 3.74. The van der Waals surface area contributed by atoms with Crippen LogP contribution in [-0.4, -0.2) is 14.0 Å². The van der Waals surface area contributed by atoms with E-state index in [0.29, 0.717) is 0 Å². The molecule has 0 saturated heterocycles. The highest BCUT2D eigenvalue weighted by molar-refractivity contribution is 6.98. The van der Waals surface area contributed by atoms with E-state index in [1.165, 1.54) is 0 Å². The van der Waals surface area contributed by atoms with E-state index in [1.54, 1.807) is 0 Å². The van der Waals surface area contributed by atoms with Crippen molar-refractivity contribution in [2.24, 2.45) is 0 Å². The molecule has 0 radical (unpaired) electrons. The van der Waals surface area contributed by atoms with Gasteiger partial charge in [0.25, 0.3) is 0 Å². The van der Waals surface area contributed by atoms with E-state index >= 15 is 0 Å². The van der Waals surface area contributed by atoms with Gasteiger partial charge in [0, 0.05) is 0 Å². The summed E-state index contributed by atoms with van der Waals surface area (Å²) in [7, 11) is 0. The molecule has 0 aromatic carbocycles. The lowest BCUT2D eigenvalue weighted by Gasteiger charge is -1.59. The second-order valence-electron chi connectivity index (χ2n) is 0.902. The van der Waals surface area contributed by atoms with Gasteiger partial charge < -0.3 is 0 Å². The van der Waals surface area contributed by atoms with Crippen LogP contribution in [0.2, 0.25) is 0 Å². The van der Waals surface area contributed by atoms with E-state index in [1.807, 2.05) is 20.8 Å². The zero-order valence-electron chi connectivity index (χ0n) is 5.25. The molecule has 1 aromatic heterocycles. The summed E-state index contributed by atoms with van der Waals surface area (Å²) >= 11 is 1.13. The molecule has 1 heterocycles. The second-order valence-corrected chi connectivity index (χ2v) is 1.41. The number of rotatable bonds is 0. The van der Waals surface area contributed by atoms with Crippen LogP contribution in [0.5, 0.6) is 0 Å². The topological polar surface area (TPSA) is 38.7 Å². The van der Waals surface area contributed by atoms with Gasteiger partial charge in [0.2, 0.25) is 0 Å². The van der Waals surface area contributed by atoms with Crippen LogP contribution < -0.4 is 0 Å². The number of hydrogen-bond acceptors (Lipinski definition) is 4. The minimum absolute atomic E-state index is 0.750. The molecular formula is C4H9N3S. The maximum Gasteiger partial charge on any atom is 0.163 e. The Labute approximate surface area is 53.1 Å². The van der Waals surface area contributed by atoms with Crippen molar-refractivity contribution in [3.05, 3.63) is 5.82 Å². The van der Waals surface area contributed by atoms with Crippen LogP contribution >= 0.6 is 11.7 Å². The maximum absolute atomic E-state index is 3.74. The molecule has 0 N–H and O–H groups in total. The Kier molecular flexibility index (Phi) is 4.35. The van der Waals surface area contributed by atoms with E-state index in [0.717, 1.165) is 17.6 Å². The van der Waals surface area contributed by atoms with Crippen molar-refractivity contribution >= 4 is 11.7 Å². The smallest absolute Gasteiger partial charge is 0.156 e. The van der Waals surface area contributed by atoms with Crippen LogP contribution in [-0.2, 0) is 0 Å². The predicted molar refractivity (Wildman–Crippen MR) is 33.8 cm³/mol. The minimum atomic E-state index is 0.750. The SMILES string of the molecule is CC.Cc1nnsn1.